The first kappa shape index (κ1) is 10.5. The van der Waals surface area contributed by atoms with E-state index in [0.717, 1.165) is 26.1 Å². The summed E-state index contributed by atoms with van der Waals surface area (Å²) >= 11 is 0. The summed E-state index contributed by atoms with van der Waals surface area (Å²) in [6, 6.07) is -0.0322. The van der Waals surface area contributed by atoms with Crippen molar-refractivity contribution in [1.82, 2.24) is 4.90 Å². The van der Waals surface area contributed by atoms with Crippen molar-refractivity contribution in [3.05, 3.63) is 0 Å². The highest BCUT2D eigenvalue weighted by molar-refractivity contribution is 5.73. The first-order chi connectivity index (χ1) is 6.19. The van der Waals surface area contributed by atoms with Crippen molar-refractivity contribution < 1.29 is 9.53 Å². The molecule has 1 aliphatic rings. The number of carbonyl (C=O) groups is 1. The van der Waals surface area contributed by atoms with Gasteiger partial charge in [0.25, 0.3) is 0 Å². The average molecular weight is 186 g/mol. The number of nitrogens with two attached hydrogens (primary N) is 1. The van der Waals surface area contributed by atoms with Gasteiger partial charge in [-0.3, -0.25) is 4.79 Å². The number of hydrogen-bond donors (Lipinski definition) is 1. The summed E-state index contributed by atoms with van der Waals surface area (Å²) in [4.78, 5) is 13.5. The Kier molecular flexibility index (Phi) is 3.69. The third-order valence-corrected chi connectivity index (χ3v) is 2.70. The second-order valence-corrected chi connectivity index (χ2v) is 3.48. The van der Waals surface area contributed by atoms with Crippen molar-refractivity contribution in [3.8, 4) is 0 Å². The van der Waals surface area contributed by atoms with Gasteiger partial charge in [0.2, 0.25) is 0 Å². The molecule has 0 radical (unpaired) electrons. The fourth-order valence-corrected chi connectivity index (χ4v) is 1.73. The van der Waals surface area contributed by atoms with Crippen LogP contribution in [-0.4, -0.2) is 43.7 Å². The second kappa shape index (κ2) is 4.58. The maximum absolute atomic E-state index is 11.3. The van der Waals surface area contributed by atoms with Gasteiger partial charge in [0, 0.05) is 12.6 Å². The van der Waals surface area contributed by atoms with E-state index in [4.69, 9.17) is 10.5 Å². The molecule has 0 spiro atoms. The molecule has 0 aromatic heterocycles. The lowest BCUT2D eigenvalue weighted by Crippen LogP contribution is -2.50. The lowest BCUT2D eigenvalue weighted by atomic mass is 9.93. The van der Waals surface area contributed by atoms with E-state index in [0.29, 0.717) is 0 Å². The Morgan fingerprint density at radius 2 is 2.38 bits per heavy atom. The molecule has 0 aromatic rings. The Morgan fingerprint density at radius 1 is 1.69 bits per heavy atom. The smallest absolute Gasteiger partial charge is 0.311 e. The molecule has 2 atom stereocenters. The van der Waals surface area contributed by atoms with E-state index in [1.165, 1.54) is 7.11 Å². The largest absolute Gasteiger partial charge is 0.469 e. The lowest BCUT2D eigenvalue weighted by Gasteiger charge is -2.34. The van der Waals surface area contributed by atoms with Gasteiger partial charge in [0.1, 0.15) is 0 Å². The summed E-state index contributed by atoms with van der Waals surface area (Å²) in [6.45, 7) is 4.79. The van der Waals surface area contributed by atoms with Crippen LogP contribution in [0.4, 0.5) is 0 Å². The molecular formula is C9H18N2O2. The van der Waals surface area contributed by atoms with Crippen LogP contribution in [0.15, 0.2) is 0 Å². The molecule has 76 valence electrons. The highest BCUT2D eigenvalue weighted by atomic mass is 16.5. The predicted octanol–water partition coefficient (Wildman–Crippen LogP) is -0.171. The van der Waals surface area contributed by atoms with E-state index < -0.39 is 0 Å². The number of likely N-dealkylation sites (tertiary alicyclic amines) is 1. The Labute approximate surface area is 79.0 Å². The van der Waals surface area contributed by atoms with E-state index in [1.54, 1.807) is 0 Å². The number of carbonyl (C=O) groups excluding carboxylic acids is 1. The van der Waals surface area contributed by atoms with Gasteiger partial charge in [-0.1, -0.05) is 6.92 Å². The van der Waals surface area contributed by atoms with Gasteiger partial charge in [-0.15, -0.1) is 0 Å². The van der Waals surface area contributed by atoms with E-state index in [9.17, 15) is 4.79 Å². The Morgan fingerprint density at radius 3 is 2.92 bits per heavy atom. The Balaban J connectivity index is 2.54. The number of esters is 1. The molecule has 2 N–H and O–H groups in total. The van der Waals surface area contributed by atoms with Crippen molar-refractivity contribution in [2.24, 2.45) is 11.7 Å². The maximum Gasteiger partial charge on any atom is 0.311 e. The van der Waals surface area contributed by atoms with E-state index in [1.807, 2.05) is 0 Å². The highest BCUT2D eigenvalue weighted by Crippen LogP contribution is 2.16. The maximum atomic E-state index is 11.3. The third kappa shape index (κ3) is 2.42. The van der Waals surface area contributed by atoms with Crippen LogP contribution in [0.2, 0.25) is 0 Å². The third-order valence-electron chi connectivity index (χ3n) is 2.70. The zero-order valence-corrected chi connectivity index (χ0v) is 8.32. The van der Waals surface area contributed by atoms with Crippen LogP contribution in [0.3, 0.4) is 0 Å². The molecule has 1 heterocycles. The monoisotopic (exact) mass is 186 g/mol. The second-order valence-electron chi connectivity index (χ2n) is 3.48. The molecule has 0 bridgehead atoms. The topological polar surface area (TPSA) is 55.6 Å². The first-order valence-corrected chi connectivity index (χ1v) is 4.74. The van der Waals surface area contributed by atoms with Gasteiger partial charge in [-0.05, 0) is 19.5 Å². The molecule has 0 aliphatic carbocycles. The Hall–Kier alpha value is -0.610. The summed E-state index contributed by atoms with van der Waals surface area (Å²) in [7, 11) is 1.42. The quantitative estimate of drug-likeness (QED) is 0.608. The van der Waals surface area contributed by atoms with Gasteiger partial charge < -0.3 is 15.4 Å². The summed E-state index contributed by atoms with van der Waals surface area (Å²) in [5, 5.41) is 0. The average Bonchev–Trinajstić information content (AvgIpc) is 2.17. The van der Waals surface area contributed by atoms with Crippen LogP contribution in [0.25, 0.3) is 0 Å². The zero-order valence-electron chi connectivity index (χ0n) is 8.32. The summed E-state index contributed by atoms with van der Waals surface area (Å²) in [5.41, 5.74) is 5.84. The van der Waals surface area contributed by atoms with Gasteiger partial charge in [0.15, 0.2) is 0 Å². The van der Waals surface area contributed by atoms with Crippen LogP contribution in [0.5, 0.6) is 0 Å². The molecule has 0 saturated carbocycles. The molecular weight excluding hydrogens is 168 g/mol. The van der Waals surface area contributed by atoms with Crippen LogP contribution in [-0.2, 0) is 9.53 Å². The molecule has 1 rings (SSSR count). The molecule has 0 amide bonds. The highest BCUT2D eigenvalue weighted by Gasteiger charge is 2.31. The van der Waals surface area contributed by atoms with Crippen molar-refractivity contribution >= 4 is 5.97 Å². The minimum absolute atomic E-state index is 0.0322. The molecule has 1 aliphatic heterocycles. The molecule has 13 heavy (non-hydrogen) atoms. The zero-order chi connectivity index (χ0) is 9.84. The number of rotatable bonds is 2. The van der Waals surface area contributed by atoms with Crippen LogP contribution >= 0.6 is 0 Å². The van der Waals surface area contributed by atoms with E-state index in [-0.39, 0.29) is 17.9 Å². The Bertz CT molecular complexity index is 184. The molecule has 0 unspecified atom stereocenters. The van der Waals surface area contributed by atoms with Gasteiger partial charge in [-0.2, -0.15) is 0 Å². The van der Waals surface area contributed by atoms with Crippen molar-refractivity contribution in [1.29, 1.82) is 0 Å². The number of hydrogen-bond acceptors (Lipinski definition) is 4. The van der Waals surface area contributed by atoms with Crippen LogP contribution in [0.1, 0.15) is 13.3 Å². The number of methoxy groups -OCH3 is 1. The number of piperidine rings is 1. The number of ether oxygens (including phenoxy) is 1. The first-order valence-electron chi connectivity index (χ1n) is 4.74. The molecule has 4 heteroatoms. The van der Waals surface area contributed by atoms with Gasteiger partial charge in [-0.25, -0.2) is 0 Å². The predicted molar refractivity (Wildman–Crippen MR) is 50.2 cm³/mol. The summed E-state index contributed by atoms with van der Waals surface area (Å²) in [6.07, 6.45) is 0.883. The van der Waals surface area contributed by atoms with Gasteiger partial charge in [0.05, 0.1) is 13.0 Å². The van der Waals surface area contributed by atoms with Gasteiger partial charge >= 0.3 is 5.97 Å². The summed E-state index contributed by atoms with van der Waals surface area (Å²) in [5.74, 6) is -0.315. The van der Waals surface area contributed by atoms with Crippen molar-refractivity contribution in [3.63, 3.8) is 0 Å². The molecule has 4 nitrogen and oxygen atoms in total. The minimum Gasteiger partial charge on any atom is -0.469 e. The van der Waals surface area contributed by atoms with Crippen LogP contribution in [0, 0.1) is 5.92 Å². The SMILES string of the molecule is CCN1CC[C@@H](N)[C@@H](C(=O)OC)C1. The summed E-state index contributed by atoms with van der Waals surface area (Å²) < 4.78 is 4.71. The van der Waals surface area contributed by atoms with Crippen LogP contribution < -0.4 is 5.73 Å². The lowest BCUT2D eigenvalue weighted by molar-refractivity contribution is -0.148. The fraction of sp³-hybridized carbons (Fsp3) is 0.889. The minimum atomic E-state index is -0.175. The standard InChI is InChI=1S/C9H18N2O2/c1-3-11-5-4-8(10)7(6-11)9(12)13-2/h7-8H,3-6,10H2,1-2H3/t7-,8+/m0/s1. The molecule has 1 saturated heterocycles. The van der Waals surface area contributed by atoms with E-state index in [2.05, 4.69) is 11.8 Å². The normalized spacial score (nSPS) is 30.1. The van der Waals surface area contributed by atoms with Crippen molar-refractivity contribution in [2.45, 2.75) is 19.4 Å². The molecule has 1 fully saturated rings. The van der Waals surface area contributed by atoms with E-state index >= 15 is 0 Å². The fourth-order valence-electron chi connectivity index (χ4n) is 1.73. The van der Waals surface area contributed by atoms with Crippen molar-refractivity contribution in [2.75, 3.05) is 26.7 Å². The molecule has 0 aromatic carbocycles. The number of nitrogens with zero attached hydrogens (tertiary/aromatic N) is 1.